The highest BCUT2D eigenvalue weighted by Gasteiger charge is 2.28. The van der Waals surface area contributed by atoms with E-state index in [2.05, 4.69) is 12.2 Å². The summed E-state index contributed by atoms with van der Waals surface area (Å²) in [5, 5.41) is 3.37. The zero-order valence-corrected chi connectivity index (χ0v) is 19.3. The summed E-state index contributed by atoms with van der Waals surface area (Å²) in [6, 6.07) is 10.2. The quantitative estimate of drug-likeness (QED) is 0.603. The van der Waals surface area contributed by atoms with Gasteiger partial charge in [-0.05, 0) is 67.6 Å². The Morgan fingerprint density at radius 1 is 1.12 bits per heavy atom. The summed E-state index contributed by atoms with van der Waals surface area (Å²) in [6.45, 7) is 4.91. The first-order valence-corrected chi connectivity index (χ1v) is 12.1. The van der Waals surface area contributed by atoms with Gasteiger partial charge in [0.15, 0.2) is 11.2 Å². The molecule has 0 atom stereocenters. The number of halogens is 1. The number of piperidine rings is 1. The van der Waals surface area contributed by atoms with Gasteiger partial charge in [-0.1, -0.05) is 18.5 Å². The van der Waals surface area contributed by atoms with E-state index in [4.69, 9.17) is 16.0 Å². The molecule has 0 aliphatic carbocycles. The van der Waals surface area contributed by atoms with Crippen molar-refractivity contribution < 1.29 is 17.6 Å². The summed E-state index contributed by atoms with van der Waals surface area (Å²) in [6.07, 6.45) is 1.69. The zero-order valence-electron chi connectivity index (χ0n) is 17.7. The number of nitrogens with one attached hydrogen (secondary N) is 1. The normalized spacial score (nSPS) is 15.7. The summed E-state index contributed by atoms with van der Waals surface area (Å²) in [4.78, 5) is 25.2. The standard InChI is InChI=1S/C23H23ClN2O5S/c1-14-7-9-26(10-8-14)32(29,30)17-5-3-16(4-6-17)25-23(28)22-13-20(27)18-12-19(24)15(2)11-21(18)31-22/h3-6,11-14H,7-10H2,1-2H3,(H,25,28). The largest absolute Gasteiger partial charge is 0.451 e. The van der Waals surface area contributed by atoms with Crippen LogP contribution < -0.4 is 10.7 Å². The number of anilines is 1. The lowest BCUT2D eigenvalue weighted by atomic mass is 10.0. The lowest BCUT2D eigenvalue weighted by Gasteiger charge is -2.29. The van der Waals surface area contributed by atoms with Gasteiger partial charge in [0.1, 0.15) is 5.58 Å². The lowest BCUT2D eigenvalue weighted by molar-refractivity contribution is 0.0997. The van der Waals surface area contributed by atoms with E-state index in [9.17, 15) is 18.0 Å². The molecule has 3 aromatic rings. The van der Waals surface area contributed by atoms with Crippen LogP contribution in [-0.2, 0) is 10.0 Å². The molecule has 1 fully saturated rings. The van der Waals surface area contributed by atoms with Crippen LogP contribution in [0.2, 0.25) is 5.02 Å². The molecule has 2 aromatic carbocycles. The van der Waals surface area contributed by atoms with Crippen molar-refractivity contribution in [2.75, 3.05) is 18.4 Å². The molecule has 9 heteroatoms. The number of rotatable bonds is 4. The lowest BCUT2D eigenvalue weighted by Crippen LogP contribution is -2.37. The van der Waals surface area contributed by atoms with Crippen LogP contribution in [0.15, 0.2) is 56.6 Å². The van der Waals surface area contributed by atoms with E-state index < -0.39 is 15.9 Å². The molecular formula is C23H23ClN2O5S. The third-order valence-electron chi connectivity index (χ3n) is 5.72. The van der Waals surface area contributed by atoms with Gasteiger partial charge in [-0.3, -0.25) is 9.59 Å². The first kappa shape index (κ1) is 22.5. The number of carbonyl (C=O) groups is 1. The van der Waals surface area contributed by atoms with E-state index in [1.165, 1.54) is 34.6 Å². The van der Waals surface area contributed by atoms with E-state index >= 15 is 0 Å². The summed E-state index contributed by atoms with van der Waals surface area (Å²) >= 11 is 6.06. The topological polar surface area (TPSA) is 96.7 Å². The molecule has 1 aromatic heterocycles. The Hall–Kier alpha value is -2.68. The number of amides is 1. The van der Waals surface area contributed by atoms with Gasteiger partial charge in [-0.15, -0.1) is 0 Å². The third-order valence-corrected chi connectivity index (χ3v) is 8.04. The van der Waals surface area contributed by atoms with Gasteiger partial charge in [0, 0.05) is 29.9 Å². The van der Waals surface area contributed by atoms with Crippen LogP contribution in [0.3, 0.4) is 0 Å². The predicted octanol–water partition coefficient (Wildman–Crippen LogP) is 4.43. The van der Waals surface area contributed by atoms with E-state index in [0.717, 1.165) is 24.5 Å². The minimum Gasteiger partial charge on any atom is -0.451 e. The monoisotopic (exact) mass is 474 g/mol. The van der Waals surface area contributed by atoms with Crippen molar-refractivity contribution in [2.45, 2.75) is 31.6 Å². The molecule has 0 unspecified atom stereocenters. The fourth-order valence-electron chi connectivity index (χ4n) is 3.67. The van der Waals surface area contributed by atoms with Crippen molar-refractivity contribution in [1.82, 2.24) is 4.31 Å². The number of benzene rings is 2. The average Bonchev–Trinajstić information content (AvgIpc) is 2.75. The summed E-state index contributed by atoms with van der Waals surface area (Å²) in [5.74, 6) is -0.240. The summed E-state index contributed by atoms with van der Waals surface area (Å²) in [7, 11) is -3.57. The number of carbonyl (C=O) groups excluding carboxylic acids is 1. The van der Waals surface area contributed by atoms with Gasteiger partial charge in [0.05, 0.1) is 10.3 Å². The fraction of sp³-hybridized carbons (Fsp3) is 0.304. The molecule has 7 nitrogen and oxygen atoms in total. The first-order valence-electron chi connectivity index (χ1n) is 10.3. The van der Waals surface area contributed by atoms with Crippen molar-refractivity contribution in [3.05, 3.63) is 69.0 Å². The number of sulfonamides is 1. The molecule has 32 heavy (non-hydrogen) atoms. The van der Waals surface area contributed by atoms with Crippen molar-refractivity contribution in [2.24, 2.45) is 5.92 Å². The van der Waals surface area contributed by atoms with Crippen LogP contribution in [0, 0.1) is 12.8 Å². The number of aryl methyl sites for hydroxylation is 1. The Kier molecular flexibility index (Phi) is 6.11. The molecule has 0 spiro atoms. The van der Waals surface area contributed by atoms with E-state index in [1.54, 1.807) is 13.0 Å². The predicted molar refractivity (Wildman–Crippen MR) is 124 cm³/mol. The van der Waals surface area contributed by atoms with Crippen molar-refractivity contribution in [3.8, 4) is 0 Å². The van der Waals surface area contributed by atoms with E-state index in [-0.39, 0.29) is 21.7 Å². The van der Waals surface area contributed by atoms with Gasteiger partial charge in [-0.25, -0.2) is 8.42 Å². The highest BCUT2D eigenvalue weighted by molar-refractivity contribution is 7.89. The van der Waals surface area contributed by atoms with Gasteiger partial charge < -0.3 is 9.73 Å². The van der Waals surface area contributed by atoms with E-state index in [0.29, 0.717) is 35.1 Å². The van der Waals surface area contributed by atoms with Crippen molar-refractivity contribution in [3.63, 3.8) is 0 Å². The van der Waals surface area contributed by atoms with Crippen molar-refractivity contribution in [1.29, 1.82) is 0 Å². The van der Waals surface area contributed by atoms with Crippen LogP contribution in [0.1, 0.15) is 35.9 Å². The van der Waals surface area contributed by atoms with Crippen LogP contribution in [0.4, 0.5) is 5.69 Å². The highest BCUT2D eigenvalue weighted by Crippen LogP contribution is 2.25. The average molecular weight is 475 g/mol. The maximum atomic E-state index is 12.8. The van der Waals surface area contributed by atoms with Crippen LogP contribution in [-0.4, -0.2) is 31.7 Å². The molecule has 1 N–H and O–H groups in total. The minimum atomic E-state index is -3.57. The Bertz CT molecular complexity index is 1340. The Balaban J connectivity index is 1.53. The molecular weight excluding hydrogens is 452 g/mol. The second-order valence-corrected chi connectivity index (χ2v) is 10.5. The number of hydrogen-bond donors (Lipinski definition) is 1. The summed E-state index contributed by atoms with van der Waals surface area (Å²) in [5.41, 5.74) is 0.994. The molecule has 0 bridgehead atoms. The van der Waals surface area contributed by atoms with Gasteiger partial charge in [0.25, 0.3) is 5.91 Å². The second-order valence-electron chi connectivity index (χ2n) is 8.14. The maximum Gasteiger partial charge on any atom is 0.291 e. The number of hydrogen-bond acceptors (Lipinski definition) is 5. The smallest absolute Gasteiger partial charge is 0.291 e. The van der Waals surface area contributed by atoms with Crippen molar-refractivity contribution >= 4 is 44.2 Å². The second kappa shape index (κ2) is 8.69. The highest BCUT2D eigenvalue weighted by atomic mass is 35.5. The Morgan fingerprint density at radius 3 is 2.44 bits per heavy atom. The molecule has 4 rings (SSSR count). The van der Waals surface area contributed by atoms with Gasteiger partial charge >= 0.3 is 0 Å². The van der Waals surface area contributed by atoms with Crippen LogP contribution in [0.5, 0.6) is 0 Å². The van der Waals surface area contributed by atoms with Crippen LogP contribution in [0.25, 0.3) is 11.0 Å². The van der Waals surface area contributed by atoms with Gasteiger partial charge in [-0.2, -0.15) is 4.31 Å². The molecule has 1 aliphatic rings. The van der Waals surface area contributed by atoms with Crippen LogP contribution >= 0.6 is 11.6 Å². The SMILES string of the molecule is Cc1cc2oc(C(=O)Nc3ccc(S(=O)(=O)N4CCC(C)CC4)cc3)cc(=O)c2cc1Cl. The Morgan fingerprint density at radius 2 is 1.78 bits per heavy atom. The first-order chi connectivity index (χ1) is 15.1. The maximum absolute atomic E-state index is 12.8. The molecule has 0 saturated carbocycles. The molecule has 1 saturated heterocycles. The van der Waals surface area contributed by atoms with E-state index in [1.807, 2.05) is 0 Å². The zero-order chi connectivity index (χ0) is 23.0. The molecule has 168 valence electrons. The number of fused-ring (bicyclic) bond motifs is 1. The third kappa shape index (κ3) is 4.44. The molecule has 1 amide bonds. The Labute approximate surface area is 191 Å². The molecule has 0 radical (unpaired) electrons. The number of nitrogens with zero attached hydrogens (tertiary/aromatic N) is 1. The molecule has 1 aliphatic heterocycles. The summed E-state index contributed by atoms with van der Waals surface area (Å²) < 4.78 is 32.8. The molecule has 2 heterocycles. The fourth-order valence-corrected chi connectivity index (χ4v) is 5.30. The van der Waals surface area contributed by atoms with Gasteiger partial charge in [0.2, 0.25) is 10.0 Å². The minimum absolute atomic E-state index is 0.150.